The van der Waals surface area contributed by atoms with E-state index < -0.39 is 18.0 Å². The number of amides is 3. The van der Waals surface area contributed by atoms with Crippen LogP contribution in [-0.4, -0.2) is 18.0 Å². The van der Waals surface area contributed by atoms with Crippen LogP contribution in [0.15, 0.2) is 60.7 Å². The molecule has 1 atom stereocenters. The predicted octanol–water partition coefficient (Wildman–Crippen LogP) is 1.95. The molecule has 2 aromatic rings. The van der Waals surface area contributed by atoms with Gasteiger partial charge in [-0.1, -0.05) is 60.7 Å². The molecule has 3 amide bonds. The summed E-state index contributed by atoms with van der Waals surface area (Å²) in [5.74, 6) is -0.454. The standard InChI is InChI=1S/C17H19N3O2/c1-12(16(21)20-17(18)22)19-15(13-8-4-2-5-9-13)14-10-6-3-7-11-14/h2-12,15,19H,1H3,(H3,18,20,21,22)/t12-/m0/s1. The van der Waals surface area contributed by atoms with E-state index >= 15 is 0 Å². The number of benzene rings is 2. The summed E-state index contributed by atoms with van der Waals surface area (Å²) >= 11 is 0. The summed E-state index contributed by atoms with van der Waals surface area (Å²) < 4.78 is 0. The van der Waals surface area contributed by atoms with E-state index in [-0.39, 0.29) is 6.04 Å². The summed E-state index contributed by atoms with van der Waals surface area (Å²) in [4.78, 5) is 22.7. The second kappa shape index (κ2) is 7.38. The number of nitrogens with two attached hydrogens (primary N) is 1. The number of hydrogen-bond acceptors (Lipinski definition) is 3. The Balaban J connectivity index is 2.23. The summed E-state index contributed by atoms with van der Waals surface area (Å²) in [7, 11) is 0. The molecule has 0 unspecified atom stereocenters. The highest BCUT2D eigenvalue weighted by Gasteiger charge is 2.21. The molecule has 0 spiro atoms. The third-order valence-electron chi connectivity index (χ3n) is 3.32. The van der Waals surface area contributed by atoms with Crippen LogP contribution in [0.1, 0.15) is 24.1 Å². The highest BCUT2D eigenvalue weighted by molar-refractivity contribution is 5.96. The maximum Gasteiger partial charge on any atom is 0.318 e. The van der Waals surface area contributed by atoms with Crippen LogP contribution < -0.4 is 16.4 Å². The van der Waals surface area contributed by atoms with Crippen molar-refractivity contribution in [2.24, 2.45) is 5.73 Å². The van der Waals surface area contributed by atoms with Crippen LogP contribution in [0.4, 0.5) is 4.79 Å². The number of primary amides is 1. The molecule has 5 heteroatoms. The molecule has 2 aromatic carbocycles. The molecule has 4 N–H and O–H groups in total. The summed E-state index contributed by atoms with van der Waals surface area (Å²) in [6.07, 6.45) is 0. The minimum absolute atomic E-state index is 0.156. The Morgan fingerprint density at radius 3 is 1.77 bits per heavy atom. The van der Waals surface area contributed by atoms with Gasteiger partial charge >= 0.3 is 6.03 Å². The third kappa shape index (κ3) is 4.17. The maximum absolute atomic E-state index is 11.9. The SMILES string of the molecule is C[C@H](NC(c1ccccc1)c1ccccc1)C(=O)NC(N)=O. The maximum atomic E-state index is 11.9. The van der Waals surface area contributed by atoms with Gasteiger partial charge in [0.2, 0.25) is 5.91 Å². The Kier molecular flexibility index (Phi) is 5.27. The van der Waals surface area contributed by atoms with Gasteiger partial charge in [0, 0.05) is 0 Å². The first-order valence-corrected chi connectivity index (χ1v) is 7.04. The van der Waals surface area contributed by atoms with Crippen LogP contribution in [-0.2, 0) is 4.79 Å². The van der Waals surface area contributed by atoms with Crippen molar-refractivity contribution in [2.75, 3.05) is 0 Å². The fraction of sp³-hybridized carbons (Fsp3) is 0.176. The van der Waals surface area contributed by atoms with Crippen molar-refractivity contribution in [3.8, 4) is 0 Å². The van der Waals surface area contributed by atoms with E-state index in [0.717, 1.165) is 11.1 Å². The average molecular weight is 297 g/mol. The number of carbonyl (C=O) groups excluding carboxylic acids is 2. The van der Waals surface area contributed by atoms with Crippen LogP contribution in [0, 0.1) is 0 Å². The lowest BCUT2D eigenvalue weighted by molar-refractivity contribution is -0.121. The molecule has 0 aliphatic heterocycles. The molecule has 0 bridgehead atoms. The summed E-state index contributed by atoms with van der Waals surface area (Å²) in [6, 6.07) is 18.0. The normalized spacial score (nSPS) is 11.9. The molecule has 0 saturated carbocycles. The van der Waals surface area contributed by atoms with E-state index in [9.17, 15) is 9.59 Å². The Morgan fingerprint density at radius 1 is 0.909 bits per heavy atom. The van der Waals surface area contributed by atoms with Crippen LogP contribution in [0.5, 0.6) is 0 Å². The zero-order chi connectivity index (χ0) is 15.9. The highest BCUT2D eigenvalue weighted by Crippen LogP contribution is 2.22. The molecule has 0 aliphatic rings. The fourth-order valence-corrected chi connectivity index (χ4v) is 2.23. The first-order valence-electron chi connectivity index (χ1n) is 7.04. The van der Waals surface area contributed by atoms with Gasteiger partial charge in [0.15, 0.2) is 0 Å². The first-order chi connectivity index (χ1) is 10.6. The van der Waals surface area contributed by atoms with E-state index in [2.05, 4.69) is 10.6 Å². The van der Waals surface area contributed by atoms with Crippen LogP contribution in [0.25, 0.3) is 0 Å². The van der Waals surface area contributed by atoms with Crippen LogP contribution >= 0.6 is 0 Å². The van der Waals surface area contributed by atoms with Crippen molar-refractivity contribution in [2.45, 2.75) is 19.0 Å². The van der Waals surface area contributed by atoms with E-state index in [4.69, 9.17) is 5.73 Å². The number of hydrogen-bond donors (Lipinski definition) is 3. The van der Waals surface area contributed by atoms with Gasteiger partial charge in [-0.2, -0.15) is 0 Å². The lowest BCUT2D eigenvalue weighted by atomic mass is 9.98. The quantitative estimate of drug-likeness (QED) is 0.788. The number of urea groups is 1. The smallest absolute Gasteiger partial charge is 0.318 e. The van der Waals surface area contributed by atoms with Gasteiger partial charge in [0.05, 0.1) is 12.1 Å². The molecule has 22 heavy (non-hydrogen) atoms. The predicted molar refractivity (Wildman–Crippen MR) is 85.1 cm³/mol. The Hall–Kier alpha value is -2.66. The molecular formula is C17H19N3O2. The van der Waals surface area contributed by atoms with E-state index in [1.165, 1.54) is 0 Å². The van der Waals surface area contributed by atoms with E-state index in [1.807, 2.05) is 60.7 Å². The van der Waals surface area contributed by atoms with Gasteiger partial charge < -0.3 is 5.73 Å². The summed E-state index contributed by atoms with van der Waals surface area (Å²) in [5, 5.41) is 5.32. The monoisotopic (exact) mass is 297 g/mol. The van der Waals surface area contributed by atoms with E-state index in [1.54, 1.807) is 6.92 Å². The Labute approximate surface area is 129 Å². The molecule has 0 aliphatic carbocycles. The summed E-state index contributed by atoms with van der Waals surface area (Å²) in [6.45, 7) is 1.69. The molecule has 114 valence electrons. The van der Waals surface area contributed by atoms with Crippen molar-refractivity contribution in [1.29, 1.82) is 0 Å². The molecule has 0 aromatic heterocycles. The zero-order valence-corrected chi connectivity index (χ0v) is 12.3. The number of imide groups is 1. The van der Waals surface area contributed by atoms with Gasteiger partial charge in [-0.3, -0.25) is 15.4 Å². The number of nitrogens with one attached hydrogen (secondary N) is 2. The molecule has 0 heterocycles. The van der Waals surface area contributed by atoms with Gasteiger partial charge in [-0.25, -0.2) is 4.79 Å². The summed E-state index contributed by atoms with van der Waals surface area (Å²) in [5.41, 5.74) is 7.05. The van der Waals surface area contributed by atoms with Gasteiger partial charge in [-0.05, 0) is 18.1 Å². The van der Waals surface area contributed by atoms with Gasteiger partial charge in [0.25, 0.3) is 0 Å². The zero-order valence-electron chi connectivity index (χ0n) is 12.3. The van der Waals surface area contributed by atoms with Crippen molar-refractivity contribution in [3.63, 3.8) is 0 Å². The van der Waals surface area contributed by atoms with Crippen molar-refractivity contribution in [3.05, 3.63) is 71.8 Å². The van der Waals surface area contributed by atoms with Crippen molar-refractivity contribution in [1.82, 2.24) is 10.6 Å². The average Bonchev–Trinajstić information content (AvgIpc) is 2.53. The largest absolute Gasteiger partial charge is 0.351 e. The van der Waals surface area contributed by atoms with Crippen molar-refractivity contribution >= 4 is 11.9 Å². The molecule has 2 rings (SSSR count). The second-order valence-corrected chi connectivity index (χ2v) is 5.00. The minimum Gasteiger partial charge on any atom is -0.351 e. The number of rotatable bonds is 5. The lowest BCUT2D eigenvalue weighted by Gasteiger charge is -2.23. The van der Waals surface area contributed by atoms with Crippen LogP contribution in [0.2, 0.25) is 0 Å². The molecule has 5 nitrogen and oxygen atoms in total. The Morgan fingerprint density at radius 2 is 1.36 bits per heavy atom. The Bertz CT molecular complexity index is 589. The topological polar surface area (TPSA) is 84.2 Å². The van der Waals surface area contributed by atoms with Crippen molar-refractivity contribution < 1.29 is 9.59 Å². The molecule has 0 fully saturated rings. The molecule has 0 radical (unpaired) electrons. The third-order valence-corrected chi connectivity index (χ3v) is 3.32. The fourth-order valence-electron chi connectivity index (χ4n) is 2.23. The van der Waals surface area contributed by atoms with Crippen LogP contribution in [0.3, 0.4) is 0 Å². The first kappa shape index (κ1) is 15.7. The van der Waals surface area contributed by atoms with Gasteiger partial charge in [0.1, 0.15) is 0 Å². The highest BCUT2D eigenvalue weighted by atomic mass is 16.2. The molecule has 0 saturated heterocycles. The second-order valence-electron chi connectivity index (χ2n) is 5.00. The molecular weight excluding hydrogens is 278 g/mol. The minimum atomic E-state index is -0.852. The van der Waals surface area contributed by atoms with Gasteiger partial charge in [-0.15, -0.1) is 0 Å². The van der Waals surface area contributed by atoms with E-state index in [0.29, 0.717) is 0 Å². The number of carbonyl (C=O) groups is 2. The lowest BCUT2D eigenvalue weighted by Crippen LogP contribution is -2.47.